The number of nitrogens with zero attached hydrogens (tertiary/aromatic N) is 1. The molecule has 2 heterocycles. The van der Waals surface area contributed by atoms with Crippen LogP contribution in [-0.2, 0) is 0 Å². The van der Waals surface area contributed by atoms with Gasteiger partial charge in [-0.05, 0) is 22.6 Å². The Morgan fingerprint density at radius 3 is 2.12 bits per heavy atom. The van der Waals surface area contributed by atoms with Crippen LogP contribution in [0, 0.1) is 0 Å². The first kappa shape index (κ1) is 14.0. The van der Waals surface area contributed by atoms with E-state index in [4.69, 9.17) is 4.74 Å². The molecule has 25 heavy (non-hydrogen) atoms. The smallest absolute Gasteiger partial charge is 0.227 e. The molecule has 0 bridgehead atoms. The van der Waals surface area contributed by atoms with Crippen LogP contribution in [0.1, 0.15) is 16.7 Å². The Morgan fingerprint density at radius 2 is 1.36 bits per heavy atom. The molecule has 0 aliphatic carbocycles. The summed E-state index contributed by atoms with van der Waals surface area (Å²) in [6.07, 6.45) is 1.80. The summed E-state index contributed by atoms with van der Waals surface area (Å²) in [5, 5.41) is 2.21. The van der Waals surface area contributed by atoms with Gasteiger partial charge in [0.15, 0.2) is 0 Å². The van der Waals surface area contributed by atoms with Gasteiger partial charge in [0, 0.05) is 17.3 Å². The Hall–Kier alpha value is -3.39. The highest BCUT2D eigenvalue weighted by Crippen LogP contribution is 2.43. The van der Waals surface area contributed by atoms with Gasteiger partial charge in [-0.25, -0.2) is 4.98 Å². The third-order valence-electron chi connectivity index (χ3n) is 4.55. The van der Waals surface area contributed by atoms with E-state index in [1.807, 2.05) is 30.3 Å². The molecule has 2 nitrogen and oxygen atoms in total. The minimum Gasteiger partial charge on any atom is -0.437 e. The zero-order chi connectivity index (χ0) is 16.6. The van der Waals surface area contributed by atoms with Gasteiger partial charge in [-0.3, -0.25) is 0 Å². The molecule has 4 aromatic rings. The van der Waals surface area contributed by atoms with Crippen molar-refractivity contribution in [2.75, 3.05) is 0 Å². The molecule has 1 aliphatic rings. The van der Waals surface area contributed by atoms with Crippen LogP contribution in [0.4, 0.5) is 0 Å². The fraction of sp³-hybridized carbons (Fsp3) is 0. The second-order valence-electron chi connectivity index (χ2n) is 6.06. The van der Waals surface area contributed by atoms with E-state index in [1.54, 1.807) is 6.20 Å². The SMILES string of the molecule is c1ccc(C2=C(c3ccccc3)c3cccc4ccnc(c34)O2)cc1. The van der Waals surface area contributed by atoms with Crippen LogP contribution in [0.3, 0.4) is 0 Å². The van der Waals surface area contributed by atoms with Crippen molar-refractivity contribution in [1.29, 1.82) is 0 Å². The molecule has 3 aromatic carbocycles. The largest absolute Gasteiger partial charge is 0.437 e. The number of hydrogen-bond acceptors (Lipinski definition) is 2. The lowest BCUT2D eigenvalue weighted by molar-refractivity contribution is 0.499. The second kappa shape index (κ2) is 5.60. The maximum absolute atomic E-state index is 6.33. The van der Waals surface area contributed by atoms with E-state index in [9.17, 15) is 0 Å². The summed E-state index contributed by atoms with van der Waals surface area (Å²) in [6.45, 7) is 0. The van der Waals surface area contributed by atoms with Gasteiger partial charge in [0.25, 0.3) is 0 Å². The first-order valence-corrected chi connectivity index (χ1v) is 8.33. The van der Waals surface area contributed by atoms with E-state index >= 15 is 0 Å². The lowest BCUT2D eigenvalue weighted by Gasteiger charge is -2.24. The van der Waals surface area contributed by atoms with Crippen LogP contribution >= 0.6 is 0 Å². The molecule has 0 spiro atoms. The monoisotopic (exact) mass is 321 g/mol. The van der Waals surface area contributed by atoms with Crippen molar-refractivity contribution < 1.29 is 4.74 Å². The summed E-state index contributed by atoms with van der Waals surface area (Å²) in [4.78, 5) is 4.48. The standard InChI is InChI=1S/C23H15NO/c1-3-8-16(9-4-1)20-19-13-7-12-17-14-15-24-23(21(17)19)25-22(20)18-10-5-2-6-11-18/h1-15H. The van der Waals surface area contributed by atoms with Crippen molar-refractivity contribution >= 4 is 22.1 Å². The molecular weight excluding hydrogens is 306 g/mol. The zero-order valence-corrected chi connectivity index (χ0v) is 13.5. The number of ether oxygens (including phenoxy) is 1. The predicted molar refractivity (Wildman–Crippen MR) is 101 cm³/mol. The maximum Gasteiger partial charge on any atom is 0.227 e. The summed E-state index contributed by atoms with van der Waals surface area (Å²) in [5.74, 6) is 1.53. The van der Waals surface area contributed by atoms with Crippen molar-refractivity contribution in [2.45, 2.75) is 0 Å². The van der Waals surface area contributed by atoms with Crippen molar-refractivity contribution in [3.05, 3.63) is 108 Å². The highest BCUT2D eigenvalue weighted by atomic mass is 16.5. The molecule has 0 fully saturated rings. The van der Waals surface area contributed by atoms with E-state index < -0.39 is 0 Å². The van der Waals surface area contributed by atoms with Gasteiger partial charge in [0.2, 0.25) is 5.88 Å². The first-order chi connectivity index (χ1) is 12.4. The Labute approximate surface area is 146 Å². The number of aromatic nitrogens is 1. The van der Waals surface area contributed by atoms with Crippen LogP contribution in [-0.4, -0.2) is 4.98 Å². The average Bonchev–Trinajstić information content (AvgIpc) is 2.69. The molecular formula is C23H15NO. The molecule has 5 rings (SSSR count). The van der Waals surface area contributed by atoms with Crippen molar-refractivity contribution in [3.8, 4) is 5.88 Å². The second-order valence-corrected chi connectivity index (χ2v) is 6.06. The quantitative estimate of drug-likeness (QED) is 0.483. The Morgan fingerprint density at radius 1 is 0.640 bits per heavy atom. The zero-order valence-electron chi connectivity index (χ0n) is 13.5. The van der Waals surface area contributed by atoms with Gasteiger partial charge >= 0.3 is 0 Å². The Balaban J connectivity index is 1.89. The fourth-order valence-electron chi connectivity index (χ4n) is 3.44. The van der Waals surface area contributed by atoms with E-state index in [0.717, 1.165) is 38.8 Å². The molecule has 2 heteroatoms. The molecule has 0 unspecified atom stereocenters. The molecule has 1 aliphatic heterocycles. The van der Waals surface area contributed by atoms with Crippen LogP contribution < -0.4 is 4.74 Å². The Bertz CT molecular complexity index is 1090. The third kappa shape index (κ3) is 2.23. The summed E-state index contributed by atoms with van der Waals surface area (Å²) in [5.41, 5.74) is 4.47. The topological polar surface area (TPSA) is 22.1 Å². The van der Waals surface area contributed by atoms with E-state index in [0.29, 0.717) is 5.88 Å². The molecule has 118 valence electrons. The number of pyridine rings is 1. The van der Waals surface area contributed by atoms with Gasteiger partial charge in [0.05, 0.1) is 5.39 Å². The van der Waals surface area contributed by atoms with E-state index in [-0.39, 0.29) is 0 Å². The molecule has 0 atom stereocenters. The predicted octanol–water partition coefficient (Wildman–Crippen LogP) is 5.54. The third-order valence-corrected chi connectivity index (χ3v) is 4.55. The minimum atomic E-state index is 0.673. The van der Waals surface area contributed by atoms with Gasteiger partial charge < -0.3 is 4.74 Å². The van der Waals surface area contributed by atoms with Crippen LogP contribution in [0.15, 0.2) is 91.1 Å². The van der Waals surface area contributed by atoms with E-state index in [2.05, 4.69) is 59.6 Å². The average molecular weight is 321 g/mol. The molecule has 0 radical (unpaired) electrons. The Kier molecular flexibility index (Phi) is 3.14. The minimum absolute atomic E-state index is 0.673. The molecule has 0 N–H and O–H groups in total. The highest BCUT2D eigenvalue weighted by Gasteiger charge is 2.25. The molecule has 1 aromatic heterocycles. The molecule has 0 amide bonds. The maximum atomic E-state index is 6.33. The molecule has 0 saturated carbocycles. The number of benzene rings is 3. The fourth-order valence-corrected chi connectivity index (χ4v) is 3.44. The van der Waals surface area contributed by atoms with Crippen LogP contribution in [0.25, 0.3) is 22.1 Å². The van der Waals surface area contributed by atoms with Crippen LogP contribution in [0.5, 0.6) is 5.88 Å². The van der Waals surface area contributed by atoms with Gasteiger partial charge in [0.1, 0.15) is 5.76 Å². The van der Waals surface area contributed by atoms with E-state index in [1.165, 1.54) is 0 Å². The summed E-state index contributed by atoms with van der Waals surface area (Å²) >= 11 is 0. The highest BCUT2D eigenvalue weighted by molar-refractivity contribution is 6.09. The number of hydrogen-bond donors (Lipinski definition) is 0. The molecule has 0 saturated heterocycles. The first-order valence-electron chi connectivity index (χ1n) is 8.33. The lowest BCUT2D eigenvalue weighted by atomic mass is 9.89. The number of rotatable bonds is 2. The summed E-state index contributed by atoms with van der Waals surface area (Å²) < 4.78 is 6.33. The summed E-state index contributed by atoms with van der Waals surface area (Å²) in [6, 6.07) is 29.0. The van der Waals surface area contributed by atoms with Crippen molar-refractivity contribution in [3.63, 3.8) is 0 Å². The van der Waals surface area contributed by atoms with Gasteiger partial charge in [-0.15, -0.1) is 0 Å². The van der Waals surface area contributed by atoms with Crippen molar-refractivity contribution in [1.82, 2.24) is 4.98 Å². The van der Waals surface area contributed by atoms with Gasteiger partial charge in [-0.2, -0.15) is 0 Å². The van der Waals surface area contributed by atoms with Crippen LogP contribution in [0.2, 0.25) is 0 Å². The summed E-state index contributed by atoms with van der Waals surface area (Å²) in [7, 11) is 0. The van der Waals surface area contributed by atoms with Crippen molar-refractivity contribution in [2.24, 2.45) is 0 Å². The van der Waals surface area contributed by atoms with Gasteiger partial charge in [-0.1, -0.05) is 78.9 Å². The lowest BCUT2D eigenvalue weighted by Crippen LogP contribution is -2.08. The normalized spacial score (nSPS) is 13.0.